The fraction of sp³-hybridized carbons (Fsp3) is 0.818. The van der Waals surface area contributed by atoms with Crippen molar-refractivity contribution in [3.8, 4) is 0 Å². The molecule has 0 heterocycles. The number of nitrogens with one attached hydrogen (secondary N) is 2. The van der Waals surface area contributed by atoms with Gasteiger partial charge in [0.25, 0.3) is 0 Å². The number of amides is 1. The minimum absolute atomic E-state index is 0.244. The third-order valence-corrected chi connectivity index (χ3v) is 2.27. The Hall–Kier alpha value is -0.880. The Morgan fingerprint density at radius 2 is 2.12 bits per heavy atom. The number of carbonyl (C=O) groups excluding carboxylic acids is 1. The third kappa shape index (κ3) is 10.0. The average Bonchev–Trinajstić information content (AvgIpc) is 2.14. The van der Waals surface area contributed by atoms with Crippen LogP contribution in [0.3, 0.4) is 0 Å². The topological polar surface area (TPSA) is 76.4 Å². The second kappa shape index (κ2) is 8.25. The van der Waals surface area contributed by atoms with Crippen LogP contribution in [0.15, 0.2) is 0 Å². The second-order valence-corrected chi connectivity index (χ2v) is 4.87. The minimum atomic E-state index is -0.421. The van der Waals surface area contributed by atoms with Crippen molar-refractivity contribution in [3.05, 3.63) is 0 Å². The lowest BCUT2D eigenvalue weighted by atomic mass is 10.0. The smallest absolute Gasteiger partial charge is 0.219 e. The first-order valence-corrected chi connectivity index (χ1v) is 6.20. The zero-order valence-corrected chi connectivity index (χ0v) is 11.7. The van der Waals surface area contributed by atoms with Gasteiger partial charge in [-0.3, -0.25) is 4.79 Å². The Balaban J connectivity index is 3.73. The Bertz CT molecular complexity index is 257. The molecule has 6 heteroatoms. The van der Waals surface area contributed by atoms with Crippen LogP contribution >= 0.6 is 12.2 Å². The summed E-state index contributed by atoms with van der Waals surface area (Å²) in [4.78, 5) is 10.8. The molecule has 0 aliphatic carbocycles. The van der Waals surface area contributed by atoms with Gasteiger partial charge in [0, 0.05) is 31.7 Å². The summed E-state index contributed by atoms with van der Waals surface area (Å²) in [6.45, 7) is 7.92. The zero-order valence-electron chi connectivity index (χ0n) is 10.8. The molecule has 0 saturated heterocycles. The fourth-order valence-corrected chi connectivity index (χ4v) is 1.73. The summed E-state index contributed by atoms with van der Waals surface area (Å²) in [5.74, 6) is -0.346. The summed E-state index contributed by atoms with van der Waals surface area (Å²) in [7, 11) is 0. The Morgan fingerprint density at radius 3 is 2.65 bits per heavy atom. The summed E-state index contributed by atoms with van der Waals surface area (Å²) in [6.07, 6.45) is 1.14. The molecule has 1 amide bonds. The van der Waals surface area contributed by atoms with Gasteiger partial charge >= 0.3 is 0 Å². The van der Waals surface area contributed by atoms with E-state index < -0.39 is 5.54 Å². The van der Waals surface area contributed by atoms with Crippen molar-refractivity contribution in [1.29, 1.82) is 0 Å². The highest BCUT2D eigenvalue weighted by Gasteiger charge is 2.20. The Labute approximate surface area is 108 Å². The van der Waals surface area contributed by atoms with Gasteiger partial charge in [0.05, 0.1) is 0 Å². The summed E-state index contributed by atoms with van der Waals surface area (Å²) >= 11 is 5.12. The lowest BCUT2D eigenvalue weighted by molar-refractivity contribution is -0.119. The minimum Gasteiger partial charge on any atom is -0.382 e. The number of thiocarbonyl (C=S) groups is 1. The van der Waals surface area contributed by atoms with Crippen LogP contribution in [0.4, 0.5) is 0 Å². The van der Waals surface area contributed by atoms with Crippen LogP contribution in [0.1, 0.15) is 33.6 Å². The predicted molar refractivity (Wildman–Crippen MR) is 72.7 cm³/mol. The van der Waals surface area contributed by atoms with E-state index in [0.717, 1.165) is 26.2 Å². The van der Waals surface area contributed by atoms with E-state index in [2.05, 4.69) is 10.6 Å². The van der Waals surface area contributed by atoms with E-state index in [0.29, 0.717) is 5.11 Å². The van der Waals surface area contributed by atoms with E-state index >= 15 is 0 Å². The van der Waals surface area contributed by atoms with Gasteiger partial charge in [-0.1, -0.05) is 0 Å². The lowest BCUT2D eigenvalue weighted by Crippen LogP contribution is -2.50. The first kappa shape index (κ1) is 16.1. The van der Waals surface area contributed by atoms with Crippen molar-refractivity contribution in [1.82, 2.24) is 10.6 Å². The van der Waals surface area contributed by atoms with Crippen molar-refractivity contribution < 1.29 is 9.53 Å². The van der Waals surface area contributed by atoms with Crippen LogP contribution < -0.4 is 16.4 Å². The Kier molecular flexibility index (Phi) is 7.82. The largest absolute Gasteiger partial charge is 0.382 e. The fourth-order valence-electron chi connectivity index (χ4n) is 1.35. The van der Waals surface area contributed by atoms with Crippen LogP contribution in [0.2, 0.25) is 0 Å². The highest BCUT2D eigenvalue weighted by atomic mass is 32.1. The first-order chi connectivity index (χ1) is 7.87. The molecular weight excluding hydrogens is 238 g/mol. The van der Waals surface area contributed by atoms with E-state index in [1.807, 2.05) is 20.8 Å². The van der Waals surface area contributed by atoms with Crippen molar-refractivity contribution >= 4 is 23.2 Å². The maximum Gasteiger partial charge on any atom is 0.219 e. The maximum atomic E-state index is 10.8. The summed E-state index contributed by atoms with van der Waals surface area (Å²) in [5.41, 5.74) is 4.73. The van der Waals surface area contributed by atoms with Gasteiger partial charge in [-0.05, 0) is 39.4 Å². The van der Waals surface area contributed by atoms with Gasteiger partial charge in [0.15, 0.2) is 5.11 Å². The van der Waals surface area contributed by atoms with Gasteiger partial charge in [-0.25, -0.2) is 0 Å². The SMILES string of the molecule is CCOCCCNC(=S)NC(C)(C)CC(N)=O. The van der Waals surface area contributed by atoms with Crippen LogP contribution in [-0.4, -0.2) is 36.3 Å². The highest BCUT2D eigenvalue weighted by Crippen LogP contribution is 2.06. The van der Waals surface area contributed by atoms with E-state index in [4.69, 9.17) is 22.7 Å². The monoisotopic (exact) mass is 261 g/mol. The van der Waals surface area contributed by atoms with Crippen molar-refractivity contribution in [2.45, 2.75) is 39.2 Å². The van der Waals surface area contributed by atoms with Crippen LogP contribution in [-0.2, 0) is 9.53 Å². The molecule has 17 heavy (non-hydrogen) atoms. The van der Waals surface area contributed by atoms with Crippen LogP contribution in [0.5, 0.6) is 0 Å². The van der Waals surface area contributed by atoms with Crippen molar-refractivity contribution in [2.24, 2.45) is 5.73 Å². The molecule has 5 nitrogen and oxygen atoms in total. The van der Waals surface area contributed by atoms with Crippen molar-refractivity contribution in [3.63, 3.8) is 0 Å². The molecule has 0 aliphatic rings. The average molecular weight is 261 g/mol. The quantitative estimate of drug-likeness (QED) is 0.439. The Morgan fingerprint density at radius 1 is 1.47 bits per heavy atom. The molecule has 0 aliphatic heterocycles. The van der Waals surface area contributed by atoms with E-state index in [-0.39, 0.29) is 12.3 Å². The number of ether oxygens (including phenoxy) is 1. The molecule has 0 bridgehead atoms. The number of hydrogen-bond acceptors (Lipinski definition) is 3. The second-order valence-electron chi connectivity index (χ2n) is 4.46. The standard InChI is InChI=1S/C11H23N3O2S/c1-4-16-7-5-6-13-10(17)14-11(2,3)8-9(12)15/h4-8H2,1-3H3,(H2,12,15)(H2,13,14,17). The van der Waals surface area contributed by atoms with E-state index in [9.17, 15) is 4.79 Å². The number of hydrogen-bond donors (Lipinski definition) is 3. The molecule has 100 valence electrons. The third-order valence-electron chi connectivity index (χ3n) is 2.02. The summed E-state index contributed by atoms with van der Waals surface area (Å²) < 4.78 is 5.20. The van der Waals surface area contributed by atoms with Gasteiger partial charge in [-0.2, -0.15) is 0 Å². The molecule has 0 spiro atoms. The van der Waals surface area contributed by atoms with Gasteiger partial charge in [-0.15, -0.1) is 0 Å². The number of carbonyl (C=O) groups is 1. The maximum absolute atomic E-state index is 10.8. The molecule has 0 saturated carbocycles. The lowest BCUT2D eigenvalue weighted by Gasteiger charge is -2.26. The predicted octanol–water partition coefficient (Wildman–Crippen LogP) is 0.531. The van der Waals surface area contributed by atoms with E-state index in [1.54, 1.807) is 0 Å². The highest BCUT2D eigenvalue weighted by molar-refractivity contribution is 7.80. The molecule has 0 atom stereocenters. The number of primary amides is 1. The van der Waals surface area contributed by atoms with Gasteiger partial charge in [0.2, 0.25) is 5.91 Å². The molecule has 0 aromatic heterocycles. The number of nitrogens with two attached hydrogens (primary N) is 1. The zero-order chi connectivity index (χ0) is 13.3. The summed E-state index contributed by atoms with van der Waals surface area (Å²) in [5, 5.41) is 6.65. The number of rotatable bonds is 8. The van der Waals surface area contributed by atoms with Crippen LogP contribution in [0.25, 0.3) is 0 Å². The normalized spacial score (nSPS) is 11.0. The molecule has 0 fully saturated rings. The molecule has 0 rings (SSSR count). The summed E-state index contributed by atoms with van der Waals surface area (Å²) in [6, 6.07) is 0. The van der Waals surface area contributed by atoms with E-state index in [1.165, 1.54) is 0 Å². The molecule has 0 aromatic rings. The first-order valence-electron chi connectivity index (χ1n) is 5.79. The van der Waals surface area contributed by atoms with Crippen LogP contribution in [0, 0.1) is 0 Å². The molecule has 0 radical (unpaired) electrons. The molecule has 4 N–H and O–H groups in total. The van der Waals surface area contributed by atoms with Gasteiger partial charge < -0.3 is 21.1 Å². The molecule has 0 unspecified atom stereocenters. The van der Waals surface area contributed by atoms with Gasteiger partial charge in [0.1, 0.15) is 0 Å². The molecular formula is C11H23N3O2S. The molecule has 0 aromatic carbocycles. The van der Waals surface area contributed by atoms with Crippen molar-refractivity contribution in [2.75, 3.05) is 19.8 Å².